The number of nitrogens with one attached hydrogen (secondary N) is 2. The molecule has 0 fully saturated rings. The Morgan fingerprint density at radius 1 is 0.893 bits per heavy atom. The predicted octanol–water partition coefficient (Wildman–Crippen LogP) is 3.55. The van der Waals surface area contributed by atoms with E-state index in [1.807, 2.05) is 67.6 Å². The van der Waals surface area contributed by atoms with Gasteiger partial charge in [-0.05, 0) is 30.5 Å². The van der Waals surface area contributed by atoms with Crippen molar-refractivity contribution >= 4 is 11.8 Å². The molecule has 3 aromatic rings. The monoisotopic (exact) mass is 373 g/mol. The lowest BCUT2D eigenvalue weighted by Crippen LogP contribution is -2.28. The third-order valence-corrected chi connectivity index (χ3v) is 4.45. The predicted molar refractivity (Wildman–Crippen MR) is 109 cm³/mol. The van der Waals surface area contributed by atoms with Crippen LogP contribution >= 0.6 is 0 Å². The Labute approximate surface area is 164 Å². The quantitative estimate of drug-likeness (QED) is 0.665. The van der Waals surface area contributed by atoms with Gasteiger partial charge in [-0.3, -0.25) is 14.6 Å². The molecule has 0 spiro atoms. The van der Waals surface area contributed by atoms with Gasteiger partial charge in [-0.25, -0.2) is 0 Å². The number of hydrogen-bond donors (Lipinski definition) is 2. The molecule has 5 heteroatoms. The van der Waals surface area contributed by atoms with E-state index in [0.29, 0.717) is 17.7 Å². The normalized spacial score (nSPS) is 11.5. The third-order valence-electron chi connectivity index (χ3n) is 4.45. The van der Waals surface area contributed by atoms with E-state index in [2.05, 4.69) is 15.6 Å². The number of nitrogens with zero attached hydrogens (tertiary/aromatic N) is 1. The summed E-state index contributed by atoms with van der Waals surface area (Å²) in [4.78, 5) is 28.9. The molecule has 1 atom stereocenters. The maximum atomic E-state index is 12.5. The second-order valence-electron chi connectivity index (χ2n) is 6.56. The first-order valence-corrected chi connectivity index (χ1v) is 9.26. The summed E-state index contributed by atoms with van der Waals surface area (Å²) >= 11 is 0. The molecule has 0 radical (unpaired) electrons. The van der Waals surface area contributed by atoms with Gasteiger partial charge in [0, 0.05) is 18.9 Å². The standard InChI is InChI=1S/C23H23N3O2/c1-17(19-10-6-3-7-11-19)26-23(28)21-14-20(15-24-16-21)22(27)25-13-12-18-8-4-2-5-9-18/h2-11,14-17H,12-13H2,1H3,(H,25,27)(H,26,28). The number of pyridine rings is 1. The molecule has 28 heavy (non-hydrogen) atoms. The number of amides is 2. The second kappa shape index (κ2) is 9.46. The van der Waals surface area contributed by atoms with E-state index in [-0.39, 0.29) is 17.9 Å². The number of carbonyl (C=O) groups excluding carboxylic acids is 2. The highest BCUT2D eigenvalue weighted by atomic mass is 16.2. The van der Waals surface area contributed by atoms with Crippen molar-refractivity contribution in [1.29, 1.82) is 0 Å². The lowest BCUT2D eigenvalue weighted by molar-refractivity contribution is 0.0939. The Morgan fingerprint density at radius 2 is 1.50 bits per heavy atom. The van der Waals surface area contributed by atoms with Crippen molar-refractivity contribution < 1.29 is 9.59 Å². The van der Waals surface area contributed by atoms with Crippen LogP contribution in [0.2, 0.25) is 0 Å². The van der Waals surface area contributed by atoms with Crippen molar-refractivity contribution in [3.8, 4) is 0 Å². The number of benzene rings is 2. The number of rotatable bonds is 7. The van der Waals surface area contributed by atoms with Crippen molar-refractivity contribution in [3.63, 3.8) is 0 Å². The van der Waals surface area contributed by atoms with Crippen LogP contribution in [0.4, 0.5) is 0 Å². The fourth-order valence-corrected chi connectivity index (χ4v) is 2.86. The van der Waals surface area contributed by atoms with Crippen LogP contribution in [0.5, 0.6) is 0 Å². The summed E-state index contributed by atoms with van der Waals surface area (Å²) in [5, 5.41) is 5.80. The van der Waals surface area contributed by atoms with E-state index in [1.54, 1.807) is 6.07 Å². The van der Waals surface area contributed by atoms with E-state index >= 15 is 0 Å². The molecule has 2 N–H and O–H groups in total. The third kappa shape index (κ3) is 5.27. The Balaban J connectivity index is 1.58. The van der Waals surface area contributed by atoms with E-state index < -0.39 is 0 Å². The van der Waals surface area contributed by atoms with Gasteiger partial charge in [0.2, 0.25) is 0 Å². The molecule has 2 amide bonds. The summed E-state index contributed by atoms with van der Waals surface area (Å²) in [7, 11) is 0. The van der Waals surface area contributed by atoms with Gasteiger partial charge < -0.3 is 10.6 Å². The fourth-order valence-electron chi connectivity index (χ4n) is 2.86. The molecule has 0 saturated heterocycles. The van der Waals surface area contributed by atoms with Gasteiger partial charge >= 0.3 is 0 Å². The van der Waals surface area contributed by atoms with Crippen LogP contribution in [0.15, 0.2) is 79.1 Å². The van der Waals surface area contributed by atoms with Crippen LogP contribution in [0.3, 0.4) is 0 Å². The SMILES string of the molecule is CC(NC(=O)c1cncc(C(=O)NCCc2ccccc2)c1)c1ccccc1. The molecule has 5 nitrogen and oxygen atoms in total. The van der Waals surface area contributed by atoms with Gasteiger partial charge in [-0.2, -0.15) is 0 Å². The molecule has 0 saturated carbocycles. The summed E-state index contributed by atoms with van der Waals surface area (Å²) < 4.78 is 0. The van der Waals surface area contributed by atoms with Crippen LogP contribution in [-0.4, -0.2) is 23.3 Å². The minimum atomic E-state index is -0.261. The zero-order chi connectivity index (χ0) is 19.8. The molecule has 1 heterocycles. The van der Waals surface area contributed by atoms with Crippen LogP contribution < -0.4 is 10.6 Å². The first-order valence-electron chi connectivity index (χ1n) is 9.26. The fraction of sp³-hybridized carbons (Fsp3) is 0.174. The van der Waals surface area contributed by atoms with Gasteiger partial charge in [-0.1, -0.05) is 60.7 Å². The molecular weight excluding hydrogens is 350 g/mol. The Morgan fingerprint density at radius 3 is 2.18 bits per heavy atom. The number of carbonyl (C=O) groups is 2. The number of hydrogen-bond acceptors (Lipinski definition) is 3. The maximum absolute atomic E-state index is 12.5. The summed E-state index contributed by atoms with van der Waals surface area (Å²) in [6.45, 7) is 2.44. The van der Waals surface area contributed by atoms with Gasteiger partial charge in [0.1, 0.15) is 0 Å². The minimum Gasteiger partial charge on any atom is -0.352 e. The highest BCUT2D eigenvalue weighted by molar-refractivity contribution is 5.99. The first-order chi connectivity index (χ1) is 13.6. The summed E-state index contributed by atoms with van der Waals surface area (Å²) in [6.07, 6.45) is 3.68. The lowest BCUT2D eigenvalue weighted by Gasteiger charge is -2.14. The van der Waals surface area contributed by atoms with E-state index in [0.717, 1.165) is 17.5 Å². The molecule has 0 aliphatic carbocycles. The molecule has 0 aliphatic heterocycles. The summed E-state index contributed by atoms with van der Waals surface area (Å²) in [6, 6.07) is 21.1. The summed E-state index contributed by atoms with van der Waals surface area (Å²) in [5.74, 6) is -0.503. The van der Waals surface area contributed by atoms with Crippen molar-refractivity contribution in [2.75, 3.05) is 6.54 Å². The molecule has 2 aromatic carbocycles. The van der Waals surface area contributed by atoms with Crippen molar-refractivity contribution in [2.45, 2.75) is 19.4 Å². The lowest BCUT2D eigenvalue weighted by atomic mass is 10.1. The number of aromatic nitrogens is 1. The van der Waals surface area contributed by atoms with Gasteiger partial charge in [-0.15, -0.1) is 0 Å². The summed E-state index contributed by atoms with van der Waals surface area (Å²) in [5.41, 5.74) is 2.90. The average Bonchev–Trinajstić information content (AvgIpc) is 2.75. The van der Waals surface area contributed by atoms with E-state index in [4.69, 9.17) is 0 Å². The van der Waals surface area contributed by atoms with Gasteiger partial charge in [0.05, 0.1) is 17.2 Å². The first kappa shape index (κ1) is 19.3. The highest BCUT2D eigenvalue weighted by Gasteiger charge is 2.14. The smallest absolute Gasteiger partial charge is 0.253 e. The van der Waals surface area contributed by atoms with Crippen LogP contribution in [-0.2, 0) is 6.42 Å². The largest absolute Gasteiger partial charge is 0.352 e. The topological polar surface area (TPSA) is 71.1 Å². The Hall–Kier alpha value is -3.47. The van der Waals surface area contributed by atoms with E-state index in [1.165, 1.54) is 12.4 Å². The van der Waals surface area contributed by atoms with Crippen LogP contribution in [0, 0.1) is 0 Å². The van der Waals surface area contributed by atoms with E-state index in [9.17, 15) is 9.59 Å². The molecule has 3 rings (SSSR count). The minimum absolute atomic E-state index is 0.142. The van der Waals surface area contributed by atoms with Gasteiger partial charge in [0.25, 0.3) is 11.8 Å². The molecule has 142 valence electrons. The average molecular weight is 373 g/mol. The van der Waals surface area contributed by atoms with Crippen molar-refractivity contribution in [3.05, 3.63) is 101 Å². The molecule has 0 aliphatic rings. The zero-order valence-corrected chi connectivity index (χ0v) is 15.8. The van der Waals surface area contributed by atoms with Crippen molar-refractivity contribution in [1.82, 2.24) is 15.6 Å². The Bertz CT molecular complexity index is 927. The Kier molecular flexibility index (Phi) is 6.52. The van der Waals surface area contributed by atoms with Crippen LogP contribution in [0.1, 0.15) is 44.8 Å². The zero-order valence-electron chi connectivity index (χ0n) is 15.8. The van der Waals surface area contributed by atoms with Crippen LogP contribution in [0.25, 0.3) is 0 Å². The van der Waals surface area contributed by atoms with Gasteiger partial charge in [0.15, 0.2) is 0 Å². The molecule has 1 unspecified atom stereocenters. The molecule has 0 bridgehead atoms. The molecule has 1 aromatic heterocycles. The second-order valence-corrected chi connectivity index (χ2v) is 6.56. The highest BCUT2D eigenvalue weighted by Crippen LogP contribution is 2.12. The maximum Gasteiger partial charge on any atom is 0.253 e. The van der Waals surface area contributed by atoms with Crippen molar-refractivity contribution in [2.24, 2.45) is 0 Å². The molecular formula is C23H23N3O2.